The van der Waals surface area contributed by atoms with Crippen molar-refractivity contribution in [1.82, 2.24) is 5.32 Å². The molecule has 1 N–H and O–H groups in total. The molecule has 0 amide bonds. The van der Waals surface area contributed by atoms with Gasteiger partial charge in [-0.1, -0.05) is 66.9 Å². The number of halogens is 3. The second-order valence-corrected chi connectivity index (χ2v) is 6.87. The highest BCUT2D eigenvalue weighted by molar-refractivity contribution is 6.36. The van der Waals surface area contributed by atoms with Crippen molar-refractivity contribution in [2.45, 2.75) is 32.4 Å². The average Bonchev–Trinajstić information content (AvgIpc) is 3.08. The van der Waals surface area contributed by atoms with Crippen LogP contribution in [0.1, 0.15) is 37.1 Å². The minimum atomic E-state index is 0. The minimum absolute atomic E-state index is 0. The largest absolute Gasteiger partial charge is 0.460 e. The van der Waals surface area contributed by atoms with Crippen LogP contribution in [0.4, 0.5) is 0 Å². The number of hydrogen-bond donors (Lipinski definition) is 1. The Balaban J connectivity index is 0.00000243. The molecule has 1 unspecified atom stereocenters. The third-order valence-electron chi connectivity index (χ3n) is 4.16. The molecule has 0 saturated heterocycles. The van der Waals surface area contributed by atoms with Gasteiger partial charge in [0, 0.05) is 16.6 Å². The van der Waals surface area contributed by atoms with E-state index < -0.39 is 0 Å². The zero-order valence-electron chi connectivity index (χ0n) is 14.5. The van der Waals surface area contributed by atoms with Crippen LogP contribution in [0.3, 0.4) is 0 Å². The molecule has 0 radical (unpaired) electrons. The maximum atomic E-state index is 6.26. The zero-order chi connectivity index (χ0) is 17.6. The van der Waals surface area contributed by atoms with E-state index in [2.05, 4.69) is 36.5 Å². The maximum absolute atomic E-state index is 6.26. The van der Waals surface area contributed by atoms with Crippen LogP contribution in [-0.2, 0) is 6.54 Å². The van der Waals surface area contributed by atoms with Gasteiger partial charge in [0.15, 0.2) is 0 Å². The monoisotopic (exact) mass is 409 g/mol. The van der Waals surface area contributed by atoms with E-state index in [1.807, 2.05) is 30.3 Å². The molecule has 0 saturated carbocycles. The van der Waals surface area contributed by atoms with Crippen molar-refractivity contribution in [3.8, 4) is 11.3 Å². The second kappa shape index (κ2) is 10.0. The zero-order valence-corrected chi connectivity index (χ0v) is 16.9. The van der Waals surface area contributed by atoms with Crippen molar-refractivity contribution in [2.75, 3.05) is 0 Å². The Morgan fingerprint density at radius 2 is 1.77 bits per heavy atom. The van der Waals surface area contributed by atoms with Crippen LogP contribution < -0.4 is 5.32 Å². The molecule has 0 aliphatic heterocycles. The molecule has 26 heavy (non-hydrogen) atoms. The predicted molar refractivity (Wildman–Crippen MR) is 112 cm³/mol. The summed E-state index contributed by atoms with van der Waals surface area (Å²) in [6.07, 6.45) is 2.21. The molecule has 1 atom stereocenters. The van der Waals surface area contributed by atoms with Crippen LogP contribution in [0.15, 0.2) is 65.1 Å². The van der Waals surface area contributed by atoms with E-state index in [-0.39, 0.29) is 12.4 Å². The smallest absolute Gasteiger partial charge is 0.135 e. The van der Waals surface area contributed by atoms with Gasteiger partial charge < -0.3 is 9.73 Å². The fourth-order valence-corrected chi connectivity index (χ4v) is 3.39. The highest BCUT2D eigenvalue weighted by Gasteiger charge is 2.12. The molecule has 2 nitrogen and oxygen atoms in total. The highest BCUT2D eigenvalue weighted by atomic mass is 35.5. The highest BCUT2D eigenvalue weighted by Crippen LogP contribution is 2.31. The van der Waals surface area contributed by atoms with Crippen LogP contribution in [-0.4, -0.2) is 0 Å². The third-order valence-corrected chi connectivity index (χ3v) is 4.71. The predicted octanol–water partition coefficient (Wildman–Crippen LogP) is 7.31. The van der Waals surface area contributed by atoms with Crippen LogP contribution in [0.2, 0.25) is 10.0 Å². The van der Waals surface area contributed by atoms with E-state index in [0.29, 0.717) is 22.6 Å². The van der Waals surface area contributed by atoms with Crippen LogP contribution in [0.25, 0.3) is 11.3 Å². The van der Waals surface area contributed by atoms with Gasteiger partial charge in [-0.05, 0) is 42.3 Å². The molecule has 3 aromatic rings. The van der Waals surface area contributed by atoms with Crippen LogP contribution in [0.5, 0.6) is 0 Å². The van der Waals surface area contributed by atoms with Gasteiger partial charge in [-0.15, -0.1) is 12.4 Å². The van der Waals surface area contributed by atoms with Crippen molar-refractivity contribution in [2.24, 2.45) is 0 Å². The minimum Gasteiger partial charge on any atom is -0.460 e. The van der Waals surface area contributed by atoms with Crippen molar-refractivity contribution >= 4 is 35.6 Å². The molecule has 0 aliphatic carbocycles. The molecule has 1 aromatic heterocycles. The molecule has 138 valence electrons. The Kier molecular flexibility index (Phi) is 8.05. The Labute approximate surface area is 170 Å². The third kappa shape index (κ3) is 5.28. The summed E-state index contributed by atoms with van der Waals surface area (Å²) >= 11 is 12.2. The Morgan fingerprint density at radius 3 is 2.46 bits per heavy atom. The summed E-state index contributed by atoms with van der Waals surface area (Å²) < 4.78 is 5.96. The summed E-state index contributed by atoms with van der Waals surface area (Å²) in [6.45, 7) is 2.87. The lowest BCUT2D eigenvalue weighted by atomic mass is 10.0. The van der Waals surface area contributed by atoms with Gasteiger partial charge >= 0.3 is 0 Å². The van der Waals surface area contributed by atoms with E-state index in [1.54, 1.807) is 6.07 Å². The summed E-state index contributed by atoms with van der Waals surface area (Å²) in [4.78, 5) is 0. The molecule has 0 spiro atoms. The van der Waals surface area contributed by atoms with Crippen molar-refractivity contribution in [3.63, 3.8) is 0 Å². The summed E-state index contributed by atoms with van der Waals surface area (Å²) in [6, 6.07) is 20.2. The SMILES string of the molecule is CCCC(NCc1ccc(-c2ccc(Cl)cc2Cl)o1)c1ccccc1.Cl. The van der Waals surface area contributed by atoms with Crippen LogP contribution in [0, 0.1) is 0 Å². The lowest BCUT2D eigenvalue weighted by molar-refractivity contribution is 0.439. The summed E-state index contributed by atoms with van der Waals surface area (Å²) in [7, 11) is 0. The van der Waals surface area contributed by atoms with E-state index in [4.69, 9.17) is 27.6 Å². The molecule has 0 aliphatic rings. The molecular weight excluding hydrogens is 389 g/mol. The molecule has 2 aromatic carbocycles. The average molecular weight is 411 g/mol. The van der Waals surface area contributed by atoms with E-state index in [0.717, 1.165) is 29.9 Å². The van der Waals surface area contributed by atoms with Gasteiger partial charge in [0.1, 0.15) is 11.5 Å². The van der Waals surface area contributed by atoms with Gasteiger partial charge in [0.25, 0.3) is 0 Å². The van der Waals surface area contributed by atoms with Crippen LogP contribution >= 0.6 is 35.6 Å². The molecule has 0 bridgehead atoms. The lowest BCUT2D eigenvalue weighted by Gasteiger charge is -2.18. The number of rotatable bonds is 7. The fraction of sp³-hybridized carbons (Fsp3) is 0.238. The van der Waals surface area contributed by atoms with Crippen molar-refractivity contribution < 1.29 is 4.42 Å². The Morgan fingerprint density at radius 1 is 1.00 bits per heavy atom. The lowest BCUT2D eigenvalue weighted by Crippen LogP contribution is -2.20. The quantitative estimate of drug-likeness (QED) is 0.442. The van der Waals surface area contributed by atoms with E-state index in [9.17, 15) is 0 Å². The maximum Gasteiger partial charge on any atom is 0.135 e. The first-order valence-electron chi connectivity index (χ1n) is 8.50. The summed E-state index contributed by atoms with van der Waals surface area (Å²) in [5.41, 5.74) is 2.15. The number of furan rings is 1. The number of hydrogen-bond acceptors (Lipinski definition) is 2. The van der Waals surface area contributed by atoms with Gasteiger partial charge in [-0.2, -0.15) is 0 Å². The van der Waals surface area contributed by atoms with E-state index >= 15 is 0 Å². The first kappa shape index (κ1) is 20.9. The Hall–Kier alpha value is -1.45. The van der Waals surface area contributed by atoms with Gasteiger partial charge in [-0.3, -0.25) is 0 Å². The standard InChI is InChI=1S/C21H21Cl2NO.ClH/c1-2-6-20(15-7-4-3-5-8-15)24-14-17-10-12-21(25-17)18-11-9-16(22)13-19(18)23;/h3-5,7-13,20,24H,2,6,14H2,1H3;1H. The summed E-state index contributed by atoms with van der Waals surface area (Å²) in [5, 5.41) is 4.80. The fourth-order valence-electron chi connectivity index (χ4n) is 2.89. The van der Waals surface area contributed by atoms with Crippen molar-refractivity contribution in [1.29, 1.82) is 0 Å². The topological polar surface area (TPSA) is 25.2 Å². The first-order valence-corrected chi connectivity index (χ1v) is 9.25. The van der Waals surface area contributed by atoms with E-state index in [1.165, 1.54) is 5.56 Å². The number of nitrogens with one attached hydrogen (secondary N) is 1. The first-order chi connectivity index (χ1) is 12.2. The van der Waals surface area contributed by atoms with Gasteiger partial charge in [-0.25, -0.2) is 0 Å². The van der Waals surface area contributed by atoms with Gasteiger partial charge in [0.2, 0.25) is 0 Å². The van der Waals surface area contributed by atoms with Gasteiger partial charge in [0.05, 0.1) is 11.6 Å². The second-order valence-electron chi connectivity index (χ2n) is 6.02. The molecular formula is C21H22Cl3NO. The Bertz CT molecular complexity index is 817. The number of benzene rings is 2. The summed E-state index contributed by atoms with van der Waals surface area (Å²) in [5.74, 6) is 1.64. The molecule has 1 heterocycles. The molecule has 5 heteroatoms. The normalized spacial score (nSPS) is 11.8. The van der Waals surface area contributed by atoms with Crippen molar-refractivity contribution in [3.05, 3.63) is 82.0 Å². The molecule has 3 rings (SSSR count). The molecule has 0 fully saturated rings.